The minimum atomic E-state index is -0.0781. The number of rotatable bonds is 6. The molecule has 1 aromatic carbocycles. The van der Waals surface area contributed by atoms with Crippen LogP contribution in [0.1, 0.15) is 25.8 Å². The highest BCUT2D eigenvalue weighted by Gasteiger charge is 2.20. The largest absolute Gasteiger partial charge is 0.396 e. The van der Waals surface area contributed by atoms with Gasteiger partial charge in [0, 0.05) is 17.6 Å². The summed E-state index contributed by atoms with van der Waals surface area (Å²) in [6, 6.07) is 9.97. The number of nitrogens with zero attached hydrogens (tertiary/aromatic N) is 1. The normalized spacial score (nSPS) is 13.8. The fraction of sp³-hybridized carbons (Fsp3) is 0.500. The lowest BCUT2D eigenvalue weighted by Crippen LogP contribution is -2.29. The summed E-state index contributed by atoms with van der Waals surface area (Å²) in [7, 11) is 0. The Morgan fingerprint density at radius 2 is 2.00 bits per heavy atom. The van der Waals surface area contributed by atoms with Crippen LogP contribution in [-0.4, -0.2) is 18.3 Å². The van der Waals surface area contributed by atoms with Crippen molar-refractivity contribution in [3.63, 3.8) is 0 Å². The molecule has 0 heterocycles. The SMILES string of the molecule is CCC(C)(CO)CNc1ccc(CC#N)cc1. The first kappa shape index (κ1) is 13.5. The number of hydrogen-bond acceptors (Lipinski definition) is 3. The van der Waals surface area contributed by atoms with Crippen molar-refractivity contribution in [3.8, 4) is 6.07 Å². The van der Waals surface area contributed by atoms with E-state index in [1.807, 2.05) is 24.3 Å². The zero-order chi connectivity index (χ0) is 12.7. The number of anilines is 1. The van der Waals surface area contributed by atoms with Crippen LogP contribution in [0.2, 0.25) is 0 Å². The highest BCUT2D eigenvalue weighted by molar-refractivity contribution is 5.45. The number of hydrogen-bond donors (Lipinski definition) is 2. The highest BCUT2D eigenvalue weighted by Crippen LogP contribution is 2.21. The summed E-state index contributed by atoms with van der Waals surface area (Å²) in [5.41, 5.74) is 1.98. The molecule has 0 aliphatic carbocycles. The maximum Gasteiger partial charge on any atom is 0.0669 e. The molecule has 1 atom stereocenters. The Balaban J connectivity index is 2.55. The van der Waals surface area contributed by atoms with Gasteiger partial charge in [0.2, 0.25) is 0 Å². The van der Waals surface area contributed by atoms with E-state index in [1.165, 1.54) is 0 Å². The summed E-state index contributed by atoms with van der Waals surface area (Å²) in [4.78, 5) is 0. The zero-order valence-corrected chi connectivity index (χ0v) is 10.5. The van der Waals surface area contributed by atoms with Crippen LogP contribution in [-0.2, 0) is 6.42 Å². The maximum absolute atomic E-state index is 9.30. The van der Waals surface area contributed by atoms with Gasteiger partial charge >= 0.3 is 0 Å². The van der Waals surface area contributed by atoms with E-state index in [0.29, 0.717) is 6.42 Å². The summed E-state index contributed by atoms with van der Waals surface area (Å²) >= 11 is 0. The first-order valence-electron chi connectivity index (χ1n) is 5.94. The van der Waals surface area contributed by atoms with Gasteiger partial charge in [-0.2, -0.15) is 5.26 Å². The van der Waals surface area contributed by atoms with Crippen LogP contribution in [0.5, 0.6) is 0 Å². The van der Waals surface area contributed by atoms with Gasteiger partial charge in [0.15, 0.2) is 0 Å². The summed E-state index contributed by atoms with van der Waals surface area (Å²) in [6.45, 7) is 5.07. The average molecular weight is 232 g/mol. The number of benzene rings is 1. The number of aliphatic hydroxyl groups is 1. The maximum atomic E-state index is 9.30. The topological polar surface area (TPSA) is 56.0 Å². The number of nitriles is 1. The molecule has 1 aromatic rings. The molecule has 0 radical (unpaired) electrons. The molecule has 0 saturated heterocycles. The van der Waals surface area contributed by atoms with Crippen molar-refractivity contribution in [1.82, 2.24) is 0 Å². The van der Waals surface area contributed by atoms with Gasteiger partial charge in [-0.1, -0.05) is 26.0 Å². The van der Waals surface area contributed by atoms with Crippen molar-refractivity contribution in [2.24, 2.45) is 5.41 Å². The molecule has 0 bridgehead atoms. The molecule has 17 heavy (non-hydrogen) atoms. The minimum Gasteiger partial charge on any atom is -0.396 e. The third kappa shape index (κ3) is 4.08. The Kier molecular flexibility index (Phi) is 4.99. The quantitative estimate of drug-likeness (QED) is 0.792. The monoisotopic (exact) mass is 232 g/mol. The Hall–Kier alpha value is -1.53. The van der Waals surface area contributed by atoms with Gasteiger partial charge < -0.3 is 10.4 Å². The molecule has 0 aliphatic rings. The van der Waals surface area contributed by atoms with Crippen LogP contribution in [0.15, 0.2) is 24.3 Å². The van der Waals surface area contributed by atoms with Crippen LogP contribution in [0.25, 0.3) is 0 Å². The van der Waals surface area contributed by atoms with Crippen molar-refractivity contribution in [3.05, 3.63) is 29.8 Å². The van der Waals surface area contributed by atoms with Crippen molar-refractivity contribution < 1.29 is 5.11 Å². The Morgan fingerprint density at radius 1 is 1.35 bits per heavy atom. The lowest BCUT2D eigenvalue weighted by molar-refractivity contribution is 0.149. The van der Waals surface area contributed by atoms with Gasteiger partial charge in [0.1, 0.15) is 0 Å². The van der Waals surface area contributed by atoms with Gasteiger partial charge in [0.05, 0.1) is 19.1 Å². The lowest BCUT2D eigenvalue weighted by atomic mass is 9.88. The number of nitrogens with one attached hydrogen (secondary N) is 1. The smallest absolute Gasteiger partial charge is 0.0669 e. The third-order valence-corrected chi connectivity index (χ3v) is 3.19. The average Bonchev–Trinajstić information content (AvgIpc) is 2.38. The van der Waals surface area contributed by atoms with Gasteiger partial charge in [0.25, 0.3) is 0 Å². The first-order chi connectivity index (χ1) is 8.13. The Labute approximate surface area is 103 Å². The molecule has 0 amide bonds. The van der Waals surface area contributed by atoms with E-state index in [-0.39, 0.29) is 12.0 Å². The molecule has 0 aromatic heterocycles. The molecule has 0 spiro atoms. The zero-order valence-electron chi connectivity index (χ0n) is 10.5. The standard InChI is InChI=1S/C14H20N2O/c1-3-14(2,11-17)10-16-13-6-4-12(5-7-13)8-9-15/h4-7,16-17H,3,8,10-11H2,1-2H3. The van der Waals surface area contributed by atoms with Crippen LogP contribution in [0.3, 0.4) is 0 Å². The molecule has 1 rings (SSSR count). The fourth-order valence-corrected chi connectivity index (χ4v) is 1.44. The van der Waals surface area contributed by atoms with E-state index >= 15 is 0 Å². The van der Waals surface area contributed by atoms with Crippen LogP contribution < -0.4 is 5.32 Å². The van der Waals surface area contributed by atoms with E-state index in [0.717, 1.165) is 24.2 Å². The van der Waals surface area contributed by atoms with Gasteiger partial charge in [-0.3, -0.25) is 0 Å². The molecule has 92 valence electrons. The molecular weight excluding hydrogens is 212 g/mol. The Bertz CT molecular complexity index is 374. The molecule has 1 unspecified atom stereocenters. The second-order valence-electron chi connectivity index (χ2n) is 4.71. The van der Waals surface area contributed by atoms with Crippen molar-refractivity contribution in [2.45, 2.75) is 26.7 Å². The Morgan fingerprint density at radius 3 is 2.47 bits per heavy atom. The molecule has 3 nitrogen and oxygen atoms in total. The first-order valence-corrected chi connectivity index (χ1v) is 5.94. The number of aliphatic hydroxyl groups excluding tert-OH is 1. The van der Waals surface area contributed by atoms with Crippen LogP contribution >= 0.6 is 0 Å². The van der Waals surface area contributed by atoms with E-state index in [2.05, 4.69) is 25.2 Å². The molecule has 0 fully saturated rings. The van der Waals surface area contributed by atoms with Gasteiger partial charge in [-0.15, -0.1) is 0 Å². The van der Waals surface area contributed by atoms with Crippen LogP contribution in [0, 0.1) is 16.7 Å². The lowest BCUT2D eigenvalue weighted by Gasteiger charge is -2.26. The summed E-state index contributed by atoms with van der Waals surface area (Å²) in [5, 5.41) is 21.2. The molecular formula is C14H20N2O. The van der Waals surface area contributed by atoms with Gasteiger partial charge in [-0.25, -0.2) is 0 Å². The van der Waals surface area contributed by atoms with Crippen LogP contribution in [0.4, 0.5) is 5.69 Å². The van der Waals surface area contributed by atoms with E-state index in [4.69, 9.17) is 5.26 Å². The summed E-state index contributed by atoms with van der Waals surface area (Å²) in [5.74, 6) is 0. The van der Waals surface area contributed by atoms with E-state index < -0.39 is 0 Å². The molecule has 3 heteroatoms. The second kappa shape index (κ2) is 6.27. The predicted octanol–water partition coefficient (Wildman–Crippen LogP) is 2.57. The molecule has 0 saturated carbocycles. The predicted molar refractivity (Wildman–Crippen MR) is 69.7 cm³/mol. The molecule has 2 N–H and O–H groups in total. The van der Waals surface area contributed by atoms with E-state index in [1.54, 1.807) is 0 Å². The third-order valence-electron chi connectivity index (χ3n) is 3.19. The summed E-state index contributed by atoms with van der Waals surface area (Å²) < 4.78 is 0. The highest BCUT2D eigenvalue weighted by atomic mass is 16.3. The molecule has 0 aliphatic heterocycles. The minimum absolute atomic E-state index is 0.0781. The fourth-order valence-electron chi connectivity index (χ4n) is 1.44. The second-order valence-corrected chi connectivity index (χ2v) is 4.71. The van der Waals surface area contributed by atoms with E-state index in [9.17, 15) is 5.11 Å². The van der Waals surface area contributed by atoms with Crippen molar-refractivity contribution >= 4 is 5.69 Å². The van der Waals surface area contributed by atoms with Crippen molar-refractivity contribution in [1.29, 1.82) is 5.26 Å². The van der Waals surface area contributed by atoms with Crippen molar-refractivity contribution in [2.75, 3.05) is 18.5 Å². The summed E-state index contributed by atoms with van der Waals surface area (Å²) in [6.07, 6.45) is 1.38. The van der Waals surface area contributed by atoms with Gasteiger partial charge in [-0.05, 0) is 24.1 Å².